The van der Waals surface area contributed by atoms with E-state index in [1.807, 2.05) is 30.3 Å². The minimum Gasteiger partial charge on any atom is -0.481 e. The molecule has 0 aliphatic rings. The van der Waals surface area contributed by atoms with Gasteiger partial charge in [-0.2, -0.15) is 0 Å². The number of hydrogen-bond acceptors (Lipinski definition) is 4. The maximum atomic E-state index is 10.6. The summed E-state index contributed by atoms with van der Waals surface area (Å²) in [5, 5.41) is 8.73. The van der Waals surface area contributed by atoms with Crippen molar-refractivity contribution in [2.45, 2.75) is 16.8 Å². The first-order valence-electron chi connectivity index (χ1n) is 4.69. The Morgan fingerprint density at radius 3 is 2.69 bits per heavy atom. The molecular weight excluding hydrogens is 260 g/mol. The first-order valence-corrected chi connectivity index (χ1v) is 7.15. The lowest BCUT2D eigenvalue weighted by atomic mass is 10.2. The molecule has 0 spiro atoms. The lowest BCUT2D eigenvalue weighted by Gasteiger charge is -2.11. The van der Waals surface area contributed by atoms with E-state index in [0.29, 0.717) is 0 Å². The van der Waals surface area contributed by atoms with Crippen LogP contribution in [0.15, 0.2) is 30.3 Å². The van der Waals surface area contributed by atoms with Crippen molar-refractivity contribution < 1.29 is 9.90 Å². The summed E-state index contributed by atoms with van der Waals surface area (Å²) >= 11 is 7.75. The second-order valence-electron chi connectivity index (χ2n) is 3.06. The fourth-order valence-corrected chi connectivity index (χ4v) is 3.61. The van der Waals surface area contributed by atoms with Gasteiger partial charge in [-0.05, 0) is 5.56 Å². The molecule has 1 aromatic carbocycles. The molecule has 0 aliphatic carbocycles. The highest BCUT2D eigenvalue weighted by Crippen LogP contribution is 2.28. The summed E-state index contributed by atoms with van der Waals surface area (Å²) in [5.74, 6) is 0.0320. The maximum Gasteiger partial charge on any atom is 0.305 e. The lowest BCUT2D eigenvalue weighted by molar-refractivity contribution is -0.136. The average Bonchev–Trinajstić information content (AvgIpc) is 2.27. The molecule has 0 aliphatic heterocycles. The zero-order valence-electron chi connectivity index (χ0n) is 8.54. The fraction of sp³-hybridized carbons (Fsp3) is 0.273. The maximum absolute atomic E-state index is 10.6. The van der Waals surface area contributed by atoms with Crippen LogP contribution in [0.25, 0.3) is 0 Å². The molecule has 0 bridgehead atoms. The Morgan fingerprint density at radius 2 is 2.12 bits per heavy atom. The Bertz CT molecular complexity index is 340. The van der Waals surface area contributed by atoms with Gasteiger partial charge in [-0.3, -0.25) is 4.79 Å². The molecule has 0 aromatic heterocycles. The van der Waals surface area contributed by atoms with Crippen LogP contribution in [0.4, 0.5) is 0 Å². The standard InChI is InChI=1S/C11H12O2S3/c12-10(13)6-11(16-8-14)15-7-9-4-2-1-3-5-9/h1-5,8,11H,6-7H2,(H,12,13). The summed E-state index contributed by atoms with van der Waals surface area (Å²) in [5.41, 5.74) is 1.20. The second-order valence-corrected chi connectivity index (χ2v) is 6.16. The molecule has 2 nitrogen and oxygen atoms in total. The van der Waals surface area contributed by atoms with Gasteiger partial charge in [-0.15, -0.1) is 23.5 Å². The summed E-state index contributed by atoms with van der Waals surface area (Å²) in [6.07, 6.45) is 0.134. The number of carboxylic acid groups (broad SMARTS) is 1. The minimum absolute atomic E-state index is 0.00444. The molecule has 0 heterocycles. The Labute approximate surface area is 109 Å². The van der Waals surface area contributed by atoms with Crippen molar-refractivity contribution in [3.05, 3.63) is 35.9 Å². The van der Waals surface area contributed by atoms with Crippen LogP contribution >= 0.6 is 35.7 Å². The summed E-state index contributed by atoms with van der Waals surface area (Å²) in [6, 6.07) is 10.00. The van der Waals surface area contributed by atoms with E-state index in [1.165, 1.54) is 22.0 Å². The molecule has 1 N–H and O–H groups in total. The van der Waals surface area contributed by atoms with Gasteiger partial charge in [-0.1, -0.05) is 42.5 Å². The average molecular weight is 272 g/mol. The third-order valence-corrected chi connectivity index (χ3v) is 4.52. The van der Waals surface area contributed by atoms with Crippen LogP contribution in [-0.2, 0) is 10.5 Å². The largest absolute Gasteiger partial charge is 0.481 e. The van der Waals surface area contributed by atoms with Crippen LogP contribution in [0, 0.1) is 0 Å². The van der Waals surface area contributed by atoms with E-state index < -0.39 is 5.97 Å². The van der Waals surface area contributed by atoms with E-state index in [1.54, 1.807) is 11.8 Å². The quantitative estimate of drug-likeness (QED) is 0.608. The summed E-state index contributed by atoms with van der Waals surface area (Å²) in [7, 11) is 0. The highest BCUT2D eigenvalue weighted by Gasteiger charge is 2.13. The van der Waals surface area contributed by atoms with Gasteiger partial charge in [0.15, 0.2) is 0 Å². The van der Waals surface area contributed by atoms with Gasteiger partial charge in [0.05, 0.1) is 11.0 Å². The van der Waals surface area contributed by atoms with Gasteiger partial charge >= 0.3 is 5.97 Å². The summed E-state index contributed by atoms with van der Waals surface area (Å²) in [4.78, 5) is 10.6. The van der Waals surface area contributed by atoms with Crippen LogP contribution in [0.3, 0.4) is 0 Å². The van der Waals surface area contributed by atoms with E-state index in [9.17, 15) is 4.79 Å². The van der Waals surface area contributed by atoms with E-state index in [-0.39, 0.29) is 11.0 Å². The van der Waals surface area contributed by atoms with Crippen molar-refractivity contribution in [1.82, 2.24) is 0 Å². The summed E-state index contributed by atoms with van der Waals surface area (Å²) in [6.45, 7) is 0. The molecule has 1 unspecified atom stereocenters. The molecule has 1 atom stereocenters. The molecule has 0 saturated heterocycles. The first-order chi connectivity index (χ1) is 7.72. The van der Waals surface area contributed by atoms with Crippen LogP contribution in [-0.4, -0.2) is 20.4 Å². The monoisotopic (exact) mass is 272 g/mol. The number of rotatable bonds is 7. The van der Waals surface area contributed by atoms with Crippen molar-refractivity contribution in [2.75, 3.05) is 0 Å². The number of thiocarbonyl (C=S) groups is 1. The highest BCUT2D eigenvalue weighted by molar-refractivity contribution is 8.28. The zero-order valence-corrected chi connectivity index (χ0v) is 11.0. The third kappa shape index (κ3) is 5.53. The number of aliphatic carboxylic acids is 1. The first kappa shape index (κ1) is 13.5. The summed E-state index contributed by atoms with van der Waals surface area (Å²) < 4.78 is 1.53. The SMILES string of the molecule is O=C(O)CC(SC=S)SCc1ccccc1. The predicted molar refractivity (Wildman–Crippen MR) is 75.0 cm³/mol. The fourth-order valence-electron chi connectivity index (χ4n) is 1.11. The van der Waals surface area contributed by atoms with Crippen LogP contribution in [0.2, 0.25) is 0 Å². The Hall–Kier alpha value is -0.520. The van der Waals surface area contributed by atoms with Crippen LogP contribution in [0.5, 0.6) is 0 Å². The van der Waals surface area contributed by atoms with Gasteiger partial charge in [0.1, 0.15) is 0 Å². The Morgan fingerprint density at radius 1 is 1.44 bits per heavy atom. The van der Waals surface area contributed by atoms with Gasteiger partial charge in [0.25, 0.3) is 0 Å². The second kappa shape index (κ2) is 7.70. The zero-order chi connectivity index (χ0) is 11.8. The molecule has 5 heteroatoms. The molecule has 1 rings (SSSR count). The molecular formula is C11H12O2S3. The van der Waals surface area contributed by atoms with Crippen molar-refractivity contribution in [3.63, 3.8) is 0 Å². The van der Waals surface area contributed by atoms with E-state index in [0.717, 1.165) is 5.75 Å². The molecule has 1 aromatic rings. The van der Waals surface area contributed by atoms with Crippen LogP contribution < -0.4 is 0 Å². The molecule has 0 saturated carbocycles. The molecule has 0 fully saturated rings. The Balaban J connectivity index is 2.43. The van der Waals surface area contributed by atoms with E-state index in [4.69, 9.17) is 17.3 Å². The number of thioether (sulfide) groups is 2. The van der Waals surface area contributed by atoms with E-state index >= 15 is 0 Å². The minimum atomic E-state index is -0.782. The molecule has 0 amide bonds. The van der Waals surface area contributed by atoms with Crippen molar-refractivity contribution in [2.24, 2.45) is 0 Å². The predicted octanol–water partition coefficient (Wildman–Crippen LogP) is 3.41. The topological polar surface area (TPSA) is 37.3 Å². The molecule has 16 heavy (non-hydrogen) atoms. The highest BCUT2D eigenvalue weighted by atomic mass is 32.2. The third-order valence-electron chi connectivity index (χ3n) is 1.83. The van der Waals surface area contributed by atoms with Crippen molar-refractivity contribution in [1.29, 1.82) is 0 Å². The Kier molecular flexibility index (Phi) is 6.52. The molecule has 0 radical (unpaired) electrons. The van der Waals surface area contributed by atoms with Crippen LogP contribution in [0.1, 0.15) is 12.0 Å². The number of carboxylic acids is 1. The number of carbonyl (C=O) groups is 1. The van der Waals surface area contributed by atoms with Gasteiger partial charge in [0.2, 0.25) is 0 Å². The number of benzene rings is 1. The smallest absolute Gasteiger partial charge is 0.305 e. The van der Waals surface area contributed by atoms with Gasteiger partial charge < -0.3 is 5.11 Å². The lowest BCUT2D eigenvalue weighted by Crippen LogP contribution is -2.06. The number of hydrogen-bond donors (Lipinski definition) is 1. The normalized spacial score (nSPS) is 12.0. The van der Waals surface area contributed by atoms with Gasteiger partial charge in [0, 0.05) is 10.5 Å². The van der Waals surface area contributed by atoms with Gasteiger partial charge in [-0.25, -0.2) is 0 Å². The van der Waals surface area contributed by atoms with Crippen molar-refractivity contribution >= 4 is 46.4 Å². The van der Waals surface area contributed by atoms with E-state index in [2.05, 4.69) is 0 Å². The van der Waals surface area contributed by atoms with Crippen molar-refractivity contribution in [3.8, 4) is 0 Å². The molecule has 86 valence electrons.